The van der Waals surface area contributed by atoms with Crippen molar-refractivity contribution >= 4 is 50.1 Å². The van der Waals surface area contributed by atoms with Crippen molar-refractivity contribution in [1.82, 2.24) is 10.2 Å². The van der Waals surface area contributed by atoms with E-state index in [-0.39, 0.29) is 37.0 Å². The Labute approximate surface area is 221 Å². The summed E-state index contributed by atoms with van der Waals surface area (Å²) in [6, 6.07) is 13.4. The number of carbonyl (C=O) groups is 3. The molecule has 3 amide bonds. The highest BCUT2D eigenvalue weighted by atomic mass is 35.5. The van der Waals surface area contributed by atoms with Crippen LogP contribution < -0.4 is 26.4 Å². The molecule has 1 saturated heterocycles. The fourth-order valence-electron chi connectivity index (χ4n) is 4.14. The summed E-state index contributed by atoms with van der Waals surface area (Å²) in [7, 11) is -4.43. The zero-order valence-corrected chi connectivity index (χ0v) is 21.8. The Kier molecular flexibility index (Phi) is 9.73. The number of benzene rings is 2. The first-order chi connectivity index (χ1) is 17.6. The minimum absolute atomic E-state index is 0.0512. The first kappa shape index (κ1) is 28.2. The Morgan fingerprint density at radius 1 is 1.05 bits per heavy atom. The molecule has 1 aliphatic heterocycles. The molecule has 1 atom stereocenters. The highest BCUT2D eigenvalue weighted by Gasteiger charge is 2.33. The lowest BCUT2D eigenvalue weighted by Gasteiger charge is -2.43. The summed E-state index contributed by atoms with van der Waals surface area (Å²) in [5, 5.41) is 1.86. The lowest BCUT2D eigenvalue weighted by Crippen LogP contribution is -2.56. The number of halogens is 1. The average molecular weight is 551 g/mol. The summed E-state index contributed by atoms with van der Waals surface area (Å²) in [5.74, 6) is -0.296. The van der Waals surface area contributed by atoms with Crippen molar-refractivity contribution in [1.29, 1.82) is 0 Å². The summed E-state index contributed by atoms with van der Waals surface area (Å²) in [5.41, 5.74) is 12.1. The Balaban J connectivity index is 1.79. The summed E-state index contributed by atoms with van der Waals surface area (Å²) in [6.07, 6.45) is 0.899. The Bertz CT molecular complexity index is 1220. The van der Waals surface area contributed by atoms with Crippen LogP contribution >= 0.6 is 11.6 Å². The van der Waals surface area contributed by atoms with Gasteiger partial charge in [0, 0.05) is 50.6 Å². The number of carbonyl (C=O) groups excluding carboxylic acids is 3. The molecule has 11 nitrogen and oxygen atoms in total. The first-order valence-electron chi connectivity index (χ1n) is 11.8. The quantitative estimate of drug-likeness (QED) is 0.345. The highest BCUT2D eigenvalue weighted by Crippen LogP contribution is 2.31. The van der Waals surface area contributed by atoms with Gasteiger partial charge in [0.05, 0.1) is 17.4 Å². The molecule has 0 spiro atoms. The minimum atomic E-state index is -4.43. The van der Waals surface area contributed by atoms with Crippen molar-refractivity contribution < 1.29 is 22.8 Å². The van der Waals surface area contributed by atoms with Gasteiger partial charge < -0.3 is 26.6 Å². The van der Waals surface area contributed by atoms with Crippen LogP contribution in [0.1, 0.15) is 18.4 Å². The van der Waals surface area contributed by atoms with Crippen LogP contribution in [-0.2, 0) is 26.0 Å². The van der Waals surface area contributed by atoms with Gasteiger partial charge in [-0.05, 0) is 36.2 Å². The monoisotopic (exact) mass is 550 g/mol. The molecule has 1 heterocycles. The van der Waals surface area contributed by atoms with E-state index in [1.54, 1.807) is 35.2 Å². The third kappa shape index (κ3) is 7.81. The molecule has 2 aromatic rings. The second-order valence-electron chi connectivity index (χ2n) is 8.60. The van der Waals surface area contributed by atoms with Crippen LogP contribution in [0.15, 0.2) is 48.5 Å². The van der Waals surface area contributed by atoms with E-state index in [1.165, 1.54) is 6.07 Å². The number of nitrogens with two attached hydrogens (primary N) is 2. The molecule has 2 aromatic carbocycles. The molecule has 0 aromatic heterocycles. The van der Waals surface area contributed by atoms with Gasteiger partial charge in [-0.3, -0.25) is 19.1 Å². The molecule has 3 rings (SSSR count). The van der Waals surface area contributed by atoms with Crippen LogP contribution in [0.25, 0.3) is 0 Å². The molecule has 1 unspecified atom stereocenters. The van der Waals surface area contributed by atoms with E-state index >= 15 is 0 Å². The standard InChI is InChI=1S/C24H31ClN6O5S/c25-18-8-5-17(6-9-18)7-10-23(33)30-13-14-31(19(16-30)15-22(32)28-12-11-26)21-4-2-1-3-20(21)29-37(35,36)24(27)34/h1-6,8-9,19,29H,7,10-16,26H2,(H2,27,34)(H,28,32). The molecule has 0 aliphatic carbocycles. The SMILES string of the molecule is NCCNC(=O)CC1CN(C(=O)CCc2ccc(Cl)cc2)CCN1c1ccccc1NS(=O)(=O)C(N)=O. The van der Waals surface area contributed by atoms with Gasteiger partial charge in [0.2, 0.25) is 11.8 Å². The van der Waals surface area contributed by atoms with E-state index in [0.717, 1.165) is 5.56 Å². The molecular weight excluding hydrogens is 520 g/mol. The van der Waals surface area contributed by atoms with Crippen LogP contribution in [0, 0.1) is 0 Å². The molecule has 1 aliphatic rings. The van der Waals surface area contributed by atoms with Crippen LogP contribution in [-0.4, -0.2) is 69.1 Å². The van der Waals surface area contributed by atoms with Gasteiger partial charge in [-0.25, -0.2) is 0 Å². The first-order valence-corrected chi connectivity index (χ1v) is 13.6. The Hall–Kier alpha value is -3.35. The summed E-state index contributed by atoms with van der Waals surface area (Å²) in [6.45, 7) is 1.57. The van der Waals surface area contributed by atoms with E-state index in [9.17, 15) is 22.8 Å². The highest BCUT2D eigenvalue weighted by molar-refractivity contribution is 8.07. The number of nitrogens with zero attached hydrogens (tertiary/aromatic N) is 2. The summed E-state index contributed by atoms with van der Waals surface area (Å²) < 4.78 is 26.5. The van der Waals surface area contributed by atoms with Gasteiger partial charge in [-0.1, -0.05) is 35.9 Å². The topological polar surface area (TPSA) is 168 Å². The van der Waals surface area contributed by atoms with Crippen LogP contribution in [0.5, 0.6) is 0 Å². The van der Waals surface area contributed by atoms with Crippen LogP contribution in [0.3, 0.4) is 0 Å². The predicted octanol–water partition coefficient (Wildman–Crippen LogP) is 1.28. The summed E-state index contributed by atoms with van der Waals surface area (Å²) in [4.78, 5) is 40.6. The molecular formula is C24H31ClN6O5S. The molecule has 37 heavy (non-hydrogen) atoms. The second-order valence-corrected chi connectivity index (χ2v) is 10.6. The smallest absolute Gasteiger partial charge is 0.354 e. The third-order valence-electron chi connectivity index (χ3n) is 5.99. The molecule has 1 fully saturated rings. The number of hydrogen-bond acceptors (Lipinski definition) is 7. The lowest BCUT2D eigenvalue weighted by atomic mass is 10.0. The molecule has 200 valence electrons. The zero-order chi connectivity index (χ0) is 27.0. The van der Waals surface area contributed by atoms with E-state index in [4.69, 9.17) is 23.1 Å². The normalized spacial score (nSPS) is 15.8. The number of amides is 3. The fourth-order valence-corrected chi connectivity index (χ4v) is 4.83. The maximum absolute atomic E-state index is 13.0. The van der Waals surface area contributed by atoms with Gasteiger partial charge in [0.15, 0.2) is 0 Å². The number of anilines is 2. The number of hydrogen-bond donors (Lipinski definition) is 4. The van der Waals surface area contributed by atoms with Crippen molar-refractivity contribution in [2.45, 2.75) is 25.3 Å². The number of sulfonamides is 1. The number of primary amides is 1. The molecule has 0 bridgehead atoms. The maximum Gasteiger partial charge on any atom is 0.354 e. The minimum Gasteiger partial charge on any atom is -0.363 e. The van der Waals surface area contributed by atoms with Crippen molar-refractivity contribution in [2.75, 3.05) is 42.3 Å². The number of nitrogens with one attached hydrogen (secondary N) is 2. The second kappa shape index (κ2) is 12.7. The number of para-hydroxylation sites is 2. The van der Waals surface area contributed by atoms with Gasteiger partial charge in [0.25, 0.3) is 0 Å². The van der Waals surface area contributed by atoms with E-state index in [1.807, 2.05) is 17.0 Å². The summed E-state index contributed by atoms with van der Waals surface area (Å²) >= 11 is 5.93. The largest absolute Gasteiger partial charge is 0.363 e. The van der Waals surface area contributed by atoms with Crippen molar-refractivity contribution in [3.8, 4) is 0 Å². The predicted molar refractivity (Wildman–Crippen MR) is 143 cm³/mol. The van der Waals surface area contributed by atoms with E-state index in [0.29, 0.717) is 43.2 Å². The van der Waals surface area contributed by atoms with E-state index in [2.05, 4.69) is 10.0 Å². The van der Waals surface area contributed by atoms with E-state index < -0.39 is 21.3 Å². The fraction of sp³-hybridized carbons (Fsp3) is 0.375. The maximum atomic E-state index is 13.0. The van der Waals surface area contributed by atoms with Gasteiger partial charge in [-0.2, -0.15) is 8.42 Å². The van der Waals surface area contributed by atoms with Crippen molar-refractivity contribution in [3.05, 3.63) is 59.1 Å². The zero-order valence-electron chi connectivity index (χ0n) is 20.2. The number of aryl methyl sites for hydroxylation is 1. The van der Waals surface area contributed by atoms with Gasteiger partial charge in [0.1, 0.15) is 0 Å². The van der Waals surface area contributed by atoms with Crippen molar-refractivity contribution in [3.63, 3.8) is 0 Å². The number of piperazine rings is 1. The van der Waals surface area contributed by atoms with Crippen molar-refractivity contribution in [2.24, 2.45) is 11.5 Å². The van der Waals surface area contributed by atoms with Crippen LogP contribution in [0.4, 0.5) is 16.2 Å². The molecule has 13 heteroatoms. The Morgan fingerprint density at radius 2 is 1.76 bits per heavy atom. The Morgan fingerprint density at radius 3 is 2.43 bits per heavy atom. The average Bonchev–Trinajstić information content (AvgIpc) is 2.87. The number of rotatable bonds is 10. The molecule has 6 N–H and O–H groups in total. The van der Waals surface area contributed by atoms with Gasteiger partial charge in [-0.15, -0.1) is 0 Å². The molecule has 0 radical (unpaired) electrons. The lowest BCUT2D eigenvalue weighted by molar-refractivity contribution is -0.132. The molecule has 0 saturated carbocycles. The van der Waals surface area contributed by atoms with Gasteiger partial charge >= 0.3 is 15.3 Å². The third-order valence-corrected chi connectivity index (χ3v) is 7.26. The van der Waals surface area contributed by atoms with Crippen LogP contribution in [0.2, 0.25) is 5.02 Å².